The maximum atomic E-state index is 11.9. The van der Waals surface area contributed by atoms with Gasteiger partial charge in [-0.3, -0.25) is 9.48 Å². The van der Waals surface area contributed by atoms with Gasteiger partial charge in [0.05, 0.1) is 18.3 Å². The van der Waals surface area contributed by atoms with Crippen molar-refractivity contribution in [2.45, 2.75) is 44.2 Å². The van der Waals surface area contributed by atoms with E-state index in [9.17, 15) is 9.90 Å². The van der Waals surface area contributed by atoms with Crippen LogP contribution in [0.15, 0.2) is 12.4 Å². The number of aryl methyl sites for hydroxylation is 1. The van der Waals surface area contributed by atoms with Crippen LogP contribution >= 0.6 is 0 Å². The Bertz CT molecular complexity index is 385. The number of likely N-dealkylation sites (N-methyl/N-ethyl adjacent to an activating group) is 1. The zero-order valence-electron chi connectivity index (χ0n) is 10.7. The fourth-order valence-corrected chi connectivity index (χ4v) is 2.47. The van der Waals surface area contributed by atoms with Crippen LogP contribution in [-0.4, -0.2) is 50.1 Å². The van der Waals surface area contributed by atoms with E-state index in [2.05, 4.69) is 10.3 Å². The Morgan fingerprint density at radius 3 is 2.83 bits per heavy atom. The molecule has 1 aromatic rings. The van der Waals surface area contributed by atoms with E-state index in [1.807, 2.05) is 0 Å². The average molecular weight is 252 g/mol. The molecule has 0 saturated heterocycles. The van der Waals surface area contributed by atoms with Crippen molar-refractivity contribution in [3.63, 3.8) is 0 Å². The first-order chi connectivity index (χ1) is 8.59. The number of nitrogens with zero attached hydrogens (tertiary/aromatic N) is 4. The maximum Gasteiger partial charge on any atom is 0.224 e. The van der Waals surface area contributed by atoms with Crippen molar-refractivity contribution in [3.05, 3.63) is 12.4 Å². The molecule has 1 N–H and O–H groups in total. The zero-order valence-corrected chi connectivity index (χ0v) is 10.7. The molecular formula is C12H20N4O2. The average Bonchev–Trinajstić information content (AvgIpc) is 2.97. The Hall–Kier alpha value is -1.43. The molecule has 18 heavy (non-hydrogen) atoms. The van der Waals surface area contributed by atoms with Crippen LogP contribution in [0, 0.1) is 0 Å². The Morgan fingerprint density at radius 2 is 2.22 bits per heavy atom. The first-order valence-corrected chi connectivity index (χ1v) is 6.39. The van der Waals surface area contributed by atoms with Crippen molar-refractivity contribution in [2.24, 2.45) is 0 Å². The van der Waals surface area contributed by atoms with Gasteiger partial charge in [0.1, 0.15) is 0 Å². The van der Waals surface area contributed by atoms with Crippen LogP contribution in [0.25, 0.3) is 0 Å². The molecule has 1 aromatic heterocycles. The standard InChI is InChI=1S/C12H20N4O2/c1-15(10-12(18)5-2-3-6-12)11(17)4-8-16-9-7-13-14-16/h7,9,18H,2-6,8,10H2,1H3. The van der Waals surface area contributed by atoms with Crippen molar-refractivity contribution in [2.75, 3.05) is 13.6 Å². The normalized spacial score (nSPS) is 17.9. The van der Waals surface area contributed by atoms with Gasteiger partial charge < -0.3 is 10.0 Å². The fourth-order valence-electron chi connectivity index (χ4n) is 2.47. The third-order valence-electron chi connectivity index (χ3n) is 3.52. The van der Waals surface area contributed by atoms with Gasteiger partial charge in [0.25, 0.3) is 0 Å². The summed E-state index contributed by atoms with van der Waals surface area (Å²) in [5.41, 5.74) is -0.669. The number of aromatic nitrogens is 3. The summed E-state index contributed by atoms with van der Waals surface area (Å²) >= 11 is 0. The van der Waals surface area contributed by atoms with E-state index in [0.29, 0.717) is 19.5 Å². The smallest absolute Gasteiger partial charge is 0.224 e. The van der Waals surface area contributed by atoms with Crippen molar-refractivity contribution in [1.82, 2.24) is 19.9 Å². The van der Waals surface area contributed by atoms with Crippen LogP contribution in [0.5, 0.6) is 0 Å². The predicted molar refractivity (Wildman–Crippen MR) is 65.7 cm³/mol. The van der Waals surface area contributed by atoms with Crippen LogP contribution in [0.3, 0.4) is 0 Å². The maximum absolute atomic E-state index is 11.9. The third-order valence-corrected chi connectivity index (χ3v) is 3.52. The first-order valence-electron chi connectivity index (χ1n) is 6.39. The number of carbonyl (C=O) groups excluding carboxylic acids is 1. The number of hydrogen-bond acceptors (Lipinski definition) is 4. The minimum atomic E-state index is -0.669. The van der Waals surface area contributed by atoms with Gasteiger partial charge in [-0.15, -0.1) is 5.10 Å². The lowest BCUT2D eigenvalue weighted by Crippen LogP contribution is -2.42. The molecule has 2 rings (SSSR count). The molecule has 1 amide bonds. The second kappa shape index (κ2) is 5.48. The summed E-state index contributed by atoms with van der Waals surface area (Å²) in [4.78, 5) is 13.5. The molecular weight excluding hydrogens is 232 g/mol. The lowest BCUT2D eigenvalue weighted by molar-refractivity contribution is -0.133. The number of carbonyl (C=O) groups is 1. The van der Waals surface area contributed by atoms with E-state index >= 15 is 0 Å². The summed E-state index contributed by atoms with van der Waals surface area (Å²) in [7, 11) is 1.75. The van der Waals surface area contributed by atoms with E-state index in [1.165, 1.54) is 0 Å². The monoisotopic (exact) mass is 252 g/mol. The van der Waals surface area contributed by atoms with E-state index < -0.39 is 5.60 Å². The zero-order chi connectivity index (χ0) is 13.0. The molecule has 6 nitrogen and oxygen atoms in total. The molecule has 0 spiro atoms. The molecule has 1 fully saturated rings. The largest absolute Gasteiger partial charge is 0.388 e. The van der Waals surface area contributed by atoms with Crippen molar-refractivity contribution in [1.29, 1.82) is 0 Å². The van der Waals surface area contributed by atoms with Gasteiger partial charge in [0, 0.05) is 26.2 Å². The highest BCUT2D eigenvalue weighted by atomic mass is 16.3. The van der Waals surface area contributed by atoms with Gasteiger partial charge >= 0.3 is 0 Å². The second-order valence-electron chi connectivity index (χ2n) is 5.10. The molecule has 0 bridgehead atoms. The quantitative estimate of drug-likeness (QED) is 0.825. The van der Waals surface area contributed by atoms with Crippen LogP contribution in [0.1, 0.15) is 32.1 Å². The molecule has 6 heteroatoms. The molecule has 0 unspecified atom stereocenters. The fraction of sp³-hybridized carbons (Fsp3) is 0.750. The SMILES string of the molecule is CN(CC1(O)CCCC1)C(=O)CCn1ccnn1. The highest BCUT2D eigenvalue weighted by Crippen LogP contribution is 2.29. The van der Waals surface area contributed by atoms with Crippen LogP contribution in [0.2, 0.25) is 0 Å². The highest BCUT2D eigenvalue weighted by Gasteiger charge is 2.33. The van der Waals surface area contributed by atoms with E-state index in [1.54, 1.807) is 29.0 Å². The van der Waals surface area contributed by atoms with E-state index in [-0.39, 0.29) is 5.91 Å². The summed E-state index contributed by atoms with van der Waals surface area (Å²) < 4.78 is 1.63. The number of aliphatic hydroxyl groups is 1. The van der Waals surface area contributed by atoms with Gasteiger partial charge in [0.2, 0.25) is 5.91 Å². The first kappa shape index (κ1) is 13.0. The predicted octanol–water partition coefficient (Wildman–Crippen LogP) is 0.432. The lowest BCUT2D eigenvalue weighted by atomic mass is 10.0. The minimum Gasteiger partial charge on any atom is -0.388 e. The summed E-state index contributed by atoms with van der Waals surface area (Å²) in [6, 6.07) is 0. The van der Waals surface area contributed by atoms with Crippen molar-refractivity contribution < 1.29 is 9.90 Å². The summed E-state index contributed by atoms with van der Waals surface area (Å²) in [5.74, 6) is 0.0332. The molecule has 0 aliphatic heterocycles. The van der Waals surface area contributed by atoms with Gasteiger partial charge in [-0.1, -0.05) is 18.1 Å². The number of amides is 1. The van der Waals surface area contributed by atoms with Gasteiger partial charge in [-0.2, -0.15) is 0 Å². The minimum absolute atomic E-state index is 0.0332. The number of hydrogen-bond donors (Lipinski definition) is 1. The molecule has 1 aliphatic carbocycles. The molecule has 1 aliphatic rings. The second-order valence-corrected chi connectivity index (χ2v) is 5.10. The third kappa shape index (κ3) is 3.29. The Balaban J connectivity index is 1.77. The van der Waals surface area contributed by atoms with Crippen molar-refractivity contribution in [3.8, 4) is 0 Å². The topological polar surface area (TPSA) is 71.2 Å². The van der Waals surface area contributed by atoms with Gasteiger partial charge in [-0.25, -0.2) is 0 Å². The molecule has 0 aromatic carbocycles. The Labute approximate surface area is 107 Å². The highest BCUT2D eigenvalue weighted by molar-refractivity contribution is 5.75. The van der Waals surface area contributed by atoms with E-state index in [0.717, 1.165) is 25.7 Å². The molecule has 1 heterocycles. The molecule has 1 saturated carbocycles. The summed E-state index contributed by atoms with van der Waals surface area (Å²) in [5, 5.41) is 17.7. The Morgan fingerprint density at radius 1 is 1.50 bits per heavy atom. The van der Waals surface area contributed by atoms with Crippen molar-refractivity contribution >= 4 is 5.91 Å². The van der Waals surface area contributed by atoms with Crippen LogP contribution in [-0.2, 0) is 11.3 Å². The Kier molecular flexibility index (Phi) is 3.96. The van der Waals surface area contributed by atoms with Crippen LogP contribution in [0.4, 0.5) is 0 Å². The van der Waals surface area contributed by atoms with Gasteiger partial charge in [0.15, 0.2) is 0 Å². The van der Waals surface area contributed by atoms with E-state index in [4.69, 9.17) is 0 Å². The molecule has 0 atom stereocenters. The molecule has 100 valence electrons. The molecule has 0 radical (unpaired) electrons. The summed E-state index contributed by atoms with van der Waals surface area (Å²) in [6.45, 7) is 0.963. The summed E-state index contributed by atoms with van der Waals surface area (Å²) in [6.07, 6.45) is 7.42. The van der Waals surface area contributed by atoms with Gasteiger partial charge in [-0.05, 0) is 12.8 Å². The van der Waals surface area contributed by atoms with Crippen LogP contribution < -0.4 is 0 Å². The number of rotatable bonds is 5. The lowest BCUT2D eigenvalue weighted by Gasteiger charge is -2.28.